The van der Waals surface area contributed by atoms with Crippen molar-refractivity contribution < 1.29 is 32.7 Å². The summed E-state index contributed by atoms with van der Waals surface area (Å²) in [6, 6.07) is 27.2. The van der Waals surface area contributed by atoms with Crippen molar-refractivity contribution in [2.75, 3.05) is 0 Å². The molecule has 0 fully saturated rings. The van der Waals surface area contributed by atoms with E-state index in [-0.39, 0.29) is 32.7 Å². The van der Waals surface area contributed by atoms with Crippen LogP contribution in [0.15, 0.2) is 67.0 Å². The molecule has 0 spiro atoms. The van der Waals surface area contributed by atoms with Gasteiger partial charge in [0.1, 0.15) is 0 Å². The van der Waals surface area contributed by atoms with Crippen LogP contribution in [-0.2, 0) is 39.8 Å². The topological polar surface area (TPSA) is 20.8 Å². The number of fused-ring (bicyclic) bond motifs is 2. The first kappa shape index (κ1) is 19.0. The summed E-state index contributed by atoms with van der Waals surface area (Å²) in [5, 5.41) is 3.27. The molecule has 0 atom stereocenters. The molecular weight excluding hydrogens is 419 g/mol. The van der Waals surface area contributed by atoms with Gasteiger partial charge in [0, 0.05) is 11.2 Å². The van der Waals surface area contributed by atoms with E-state index in [1.54, 1.807) is 0 Å². The van der Waals surface area contributed by atoms with Crippen LogP contribution in [0, 0.1) is 12.1 Å². The van der Waals surface area contributed by atoms with E-state index in [2.05, 4.69) is 59.1 Å². The van der Waals surface area contributed by atoms with Crippen LogP contribution in [0.4, 0.5) is 0 Å². The second kappa shape index (κ2) is 7.58. The average Bonchev–Trinajstić information content (AvgIpc) is 3.04. The molecule has 1 aliphatic heterocycles. The molecule has 0 saturated carbocycles. The third-order valence-corrected chi connectivity index (χ3v) is 4.95. The van der Waals surface area contributed by atoms with Crippen LogP contribution in [0.3, 0.4) is 0 Å². The van der Waals surface area contributed by atoms with Crippen molar-refractivity contribution in [3.05, 3.63) is 95.0 Å². The predicted molar refractivity (Wildman–Crippen MR) is 107 cm³/mol. The fourth-order valence-corrected chi connectivity index (χ4v) is 3.56. The Morgan fingerprint density at radius 1 is 0.964 bits per heavy atom. The van der Waals surface area contributed by atoms with Gasteiger partial charge in [-0.1, -0.05) is 28.6 Å². The Kier molecular flexibility index (Phi) is 5.14. The van der Waals surface area contributed by atoms with Crippen LogP contribution < -0.4 is 20.5 Å². The molecule has 0 saturated heterocycles. The summed E-state index contributed by atoms with van der Waals surface area (Å²) in [6.07, 6.45) is 5.36. The summed E-state index contributed by atoms with van der Waals surface area (Å²) < 4.78 is 4.14. The molecule has 1 aromatic heterocycles. The summed E-state index contributed by atoms with van der Waals surface area (Å²) in [5.74, 6) is 0. The molecule has 4 heteroatoms. The van der Waals surface area contributed by atoms with E-state index in [0.29, 0.717) is 0 Å². The van der Waals surface area contributed by atoms with Gasteiger partial charge in [-0.2, -0.15) is 42.0 Å². The van der Waals surface area contributed by atoms with Gasteiger partial charge in [0.15, 0.2) is 6.33 Å². The number of hydrogen-bond donors (Lipinski definition) is 0. The molecular formula is C24H17N3Y+. The molecule has 1 aliphatic rings. The Hall–Kier alpha value is -2.36. The Labute approximate surface area is 188 Å². The van der Waals surface area contributed by atoms with E-state index in [9.17, 15) is 0 Å². The second-order valence-corrected chi connectivity index (χ2v) is 6.67. The predicted octanol–water partition coefficient (Wildman–Crippen LogP) is 2.07. The smallest absolute Gasteiger partial charge is 0.303 e. The number of nitrogens with zero attached hydrogens (tertiary/aromatic N) is 3. The van der Waals surface area contributed by atoms with Crippen molar-refractivity contribution in [2.24, 2.45) is 7.05 Å². The van der Waals surface area contributed by atoms with E-state index in [0.717, 1.165) is 38.4 Å². The van der Waals surface area contributed by atoms with Crippen molar-refractivity contribution >= 4 is 22.8 Å². The number of aromatic nitrogens is 2. The van der Waals surface area contributed by atoms with Crippen LogP contribution in [0.2, 0.25) is 0 Å². The number of benzene rings is 3. The number of rotatable bonds is 1. The molecule has 0 aliphatic carbocycles. The Bertz CT molecular complexity index is 1380. The molecule has 5 rings (SSSR count). The van der Waals surface area contributed by atoms with Crippen molar-refractivity contribution in [1.29, 1.82) is 0 Å². The van der Waals surface area contributed by atoms with Crippen LogP contribution in [0.5, 0.6) is 0 Å². The van der Waals surface area contributed by atoms with E-state index in [4.69, 9.17) is 0 Å². The zero-order chi connectivity index (χ0) is 18.4. The van der Waals surface area contributed by atoms with Crippen molar-refractivity contribution in [3.8, 4) is 11.1 Å². The minimum Gasteiger partial charge on any atom is -0.303 e. The molecule has 0 radical (unpaired) electrons. The standard InChI is InChI=1S/C24H17N3.Y/c1-17-21-11-7-6-10-20(21)15-27(17)24-22-14-19(18-8-4-3-5-9-18)12-13-23(22)25-16-26(24)2;/h3-8,10-13,16H,1-2H3;/q-2;+3. The second-order valence-electron chi connectivity index (χ2n) is 6.67. The van der Waals surface area contributed by atoms with E-state index in [1.807, 2.05) is 54.3 Å². The minimum atomic E-state index is 0. The minimum absolute atomic E-state index is 0. The molecule has 3 nitrogen and oxygen atoms in total. The third kappa shape index (κ3) is 3.09. The summed E-state index contributed by atoms with van der Waals surface area (Å²) >= 11 is 0. The van der Waals surface area contributed by atoms with E-state index >= 15 is 0 Å². The van der Waals surface area contributed by atoms with Crippen LogP contribution in [-0.4, -0.2) is 9.55 Å². The quantitative estimate of drug-likeness (QED) is 0.331. The summed E-state index contributed by atoms with van der Waals surface area (Å²) in [5.41, 5.74) is 5.10. The van der Waals surface area contributed by atoms with Gasteiger partial charge in [0.25, 0.3) is 0 Å². The Morgan fingerprint density at radius 2 is 1.79 bits per heavy atom. The molecule has 3 aromatic carbocycles. The molecule has 0 N–H and O–H groups in total. The SMILES string of the molecule is CC1=c2ccccc2=[C-][N+]1=c1c2[c-]c(-c3[c-]cccc3)ccc2ncn1C.[Y+3]. The first-order valence-corrected chi connectivity index (χ1v) is 8.90. The largest absolute Gasteiger partial charge is 3.00 e. The number of hydrogen-bond acceptors (Lipinski definition) is 1. The van der Waals surface area contributed by atoms with Crippen molar-refractivity contribution in [1.82, 2.24) is 14.1 Å². The van der Waals surface area contributed by atoms with Crippen molar-refractivity contribution in [2.45, 2.75) is 6.92 Å². The third-order valence-electron chi connectivity index (χ3n) is 4.95. The van der Waals surface area contributed by atoms with E-state index in [1.165, 1.54) is 5.22 Å². The first-order chi connectivity index (χ1) is 13.2. The zero-order valence-corrected chi connectivity index (χ0v) is 18.6. The maximum absolute atomic E-state index is 4.58. The summed E-state index contributed by atoms with van der Waals surface area (Å²) in [4.78, 5) is 4.58. The molecule has 0 amide bonds. The van der Waals surface area contributed by atoms with Gasteiger partial charge in [-0.15, -0.1) is 18.2 Å². The number of aryl methyl sites for hydroxylation is 1. The van der Waals surface area contributed by atoms with Crippen LogP contribution in [0.1, 0.15) is 6.92 Å². The van der Waals surface area contributed by atoms with Gasteiger partial charge in [-0.05, 0) is 12.3 Å². The molecule has 0 bridgehead atoms. The first-order valence-electron chi connectivity index (χ1n) is 8.90. The normalized spacial score (nSPS) is 14.4. The molecule has 4 aromatic rings. The Morgan fingerprint density at radius 3 is 2.57 bits per heavy atom. The van der Waals surface area contributed by atoms with Crippen LogP contribution >= 0.6 is 0 Å². The summed E-state index contributed by atoms with van der Waals surface area (Å²) in [6.45, 7) is 2.12. The summed E-state index contributed by atoms with van der Waals surface area (Å²) in [7, 11) is 2.01. The molecule has 28 heavy (non-hydrogen) atoms. The Balaban J connectivity index is 0.00000192. The maximum atomic E-state index is 4.58. The van der Waals surface area contributed by atoms with Gasteiger partial charge < -0.3 is 4.58 Å². The van der Waals surface area contributed by atoms with Gasteiger partial charge in [-0.25, -0.2) is 5.56 Å². The van der Waals surface area contributed by atoms with Gasteiger partial charge in [-0.3, -0.25) is 9.55 Å². The van der Waals surface area contributed by atoms with Crippen molar-refractivity contribution in [3.63, 3.8) is 0 Å². The van der Waals surface area contributed by atoms with Gasteiger partial charge in [0.2, 0.25) is 5.49 Å². The monoisotopic (exact) mass is 436 g/mol. The van der Waals surface area contributed by atoms with Gasteiger partial charge in [0.05, 0.1) is 13.2 Å². The molecule has 2 heterocycles. The van der Waals surface area contributed by atoms with E-state index < -0.39 is 0 Å². The average molecular weight is 436 g/mol. The zero-order valence-electron chi connectivity index (χ0n) is 15.8. The molecule has 0 unspecified atom stereocenters. The maximum Gasteiger partial charge on any atom is 3.00 e. The van der Waals surface area contributed by atoms with Gasteiger partial charge >= 0.3 is 32.7 Å². The fourth-order valence-electron chi connectivity index (χ4n) is 3.56. The molecule has 130 valence electrons. The fraction of sp³-hybridized carbons (Fsp3) is 0.0833. The van der Waals surface area contributed by atoms with Crippen LogP contribution in [0.25, 0.3) is 33.9 Å².